The second kappa shape index (κ2) is 5.63. The zero-order chi connectivity index (χ0) is 13.0. The number of rotatable bonds is 4. The third-order valence-electron chi connectivity index (χ3n) is 2.85. The van der Waals surface area contributed by atoms with Crippen LogP contribution in [0, 0.1) is 6.92 Å². The molecule has 0 atom stereocenters. The minimum absolute atomic E-state index is 0.794. The van der Waals surface area contributed by atoms with Crippen LogP contribution in [0.2, 0.25) is 0 Å². The van der Waals surface area contributed by atoms with Crippen LogP contribution in [0.1, 0.15) is 25.2 Å². The van der Waals surface area contributed by atoms with E-state index in [1.807, 2.05) is 13.0 Å². The number of nitrogens with one attached hydrogen (secondary N) is 1. The first-order valence-electron chi connectivity index (χ1n) is 6.41. The van der Waals surface area contributed by atoms with Gasteiger partial charge in [0.1, 0.15) is 11.6 Å². The number of hydrogen-bond acceptors (Lipinski definition) is 3. The fraction of sp³-hybridized carbons (Fsp3) is 0.333. The molecule has 94 valence electrons. The van der Waals surface area contributed by atoms with Crippen LogP contribution >= 0.6 is 0 Å². The maximum Gasteiger partial charge on any atom is 0.130 e. The van der Waals surface area contributed by atoms with E-state index in [0.717, 1.165) is 35.9 Å². The van der Waals surface area contributed by atoms with Gasteiger partial charge in [0.2, 0.25) is 0 Å². The summed E-state index contributed by atoms with van der Waals surface area (Å²) in [7, 11) is 0. The van der Waals surface area contributed by atoms with Gasteiger partial charge in [0.25, 0.3) is 0 Å². The summed E-state index contributed by atoms with van der Waals surface area (Å²) >= 11 is 0. The first-order valence-corrected chi connectivity index (χ1v) is 6.41. The van der Waals surface area contributed by atoms with E-state index in [0.29, 0.717) is 0 Å². The van der Waals surface area contributed by atoms with Crippen LogP contribution in [-0.2, 0) is 6.42 Å². The number of aryl methyl sites for hydroxylation is 2. The second-order valence-corrected chi connectivity index (χ2v) is 4.27. The van der Waals surface area contributed by atoms with Gasteiger partial charge in [0, 0.05) is 18.2 Å². The molecule has 2 rings (SSSR count). The van der Waals surface area contributed by atoms with Crippen molar-refractivity contribution in [2.75, 3.05) is 11.9 Å². The summed E-state index contributed by atoms with van der Waals surface area (Å²) in [6.07, 6.45) is 1.06. The molecular weight excluding hydrogens is 222 g/mol. The van der Waals surface area contributed by atoms with Crippen molar-refractivity contribution in [1.82, 2.24) is 9.97 Å². The van der Waals surface area contributed by atoms with Gasteiger partial charge in [-0.2, -0.15) is 0 Å². The van der Waals surface area contributed by atoms with Crippen LogP contribution in [-0.4, -0.2) is 16.5 Å². The van der Waals surface area contributed by atoms with Crippen molar-refractivity contribution in [3.63, 3.8) is 0 Å². The summed E-state index contributed by atoms with van der Waals surface area (Å²) in [4.78, 5) is 8.85. The Balaban J connectivity index is 2.36. The summed E-state index contributed by atoms with van der Waals surface area (Å²) in [5.41, 5.74) is 3.45. The van der Waals surface area contributed by atoms with Crippen LogP contribution in [0.3, 0.4) is 0 Å². The Hall–Kier alpha value is -1.90. The van der Waals surface area contributed by atoms with Gasteiger partial charge in [-0.15, -0.1) is 0 Å². The molecule has 1 aromatic carbocycles. The van der Waals surface area contributed by atoms with E-state index in [-0.39, 0.29) is 0 Å². The molecule has 0 fully saturated rings. The quantitative estimate of drug-likeness (QED) is 0.891. The van der Waals surface area contributed by atoms with Crippen molar-refractivity contribution in [3.05, 3.63) is 41.7 Å². The molecule has 1 heterocycles. The lowest BCUT2D eigenvalue weighted by Gasteiger charge is -2.07. The van der Waals surface area contributed by atoms with Crippen LogP contribution in [0.4, 0.5) is 5.82 Å². The first kappa shape index (κ1) is 12.6. The largest absolute Gasteiger partial charge is 0.370 e. The van der Waals surface area contributed by atoms with E-state index < -0.39 is 0 Å². The Morgan fingerprint density at radius 2 is 1.78 bits per heavy atom. The molecule has 1 N–H and O–H groups in total. The number of anilines is 1. The number of hydrogen-bond donors (Lipinski definition) is 1. The molecule has 0 unspecified atom stereocenters. The topological polar surface area (TPSA) is 37.8 Å². The highest BCUT2D eigenvalue weighted by Gasteiger charge is 2.03. The summed E-state index contributed by atoms with van der Waals surface area (Å²) in [6.45, 7) is 7.01. The van der Waals surface area contributed by atoms with Crippen molar-refractivity contribution < 1.29 is 0 Å². The standard InChI is InChI=1S/C15H19N3/c1-4-12-6-8-13(9-7-12)14-10-15(16-5-2)18-11(3)17-14/h6-10H,4-5H2,1-3H3,(H,16,17,18). The predicted octanol–water partition coefficient (Wildman–Crippen LogP) is 3.45. The molecule has 0 amide bonds. The molecule has 0 radical (unpaired) electrons. The maximum atomic E-state index is 4.49. The van der Waals surface area contributed by atoms with Gasteiger partial charge in [-0.25, -0.2) is 9.97 Å². The average Bonchev–Trinajstić information content (AvgIpc) is 2.38. The highest BCUT2D eigenvalue weighted by molar-refractivity contribution is 5.62. The summed E-state index contributed by atoms with van der Waals surface area (Å²) in [5.74, 6) is 1.68. The Morgan fingerprint density at radius 3 is 2.39 bits per heavy atom. The van der Waals surface area contributed by atoms with Crippen molar-refractivity contribution in [3.8, 4) is 11.3 Å². The SMILES string of the molecule is CCNc1cc(-c2ccc(CC)cc2)nc(C)n1. The highest BCUT2D eigenvalue weighted by Crippen LogP contribution is 2.20. The minimum atomic E-state index is 0.794. The Kier molecular flexibility index (Phi) is 3.92. The number of aromatic nitrogens is 2. The lowest BCUT2D eigenvalue weighted by atomic mass is 10.1. The average molecular weight is 241 g/mol. The molecule has 0 aliphatic carbocycles. The van der Waals surface area contributed by atoms with E-state index in [2.05, 4.69) is 53.4 Å². The van der Waals surface area contributed by atoms with Gasteiger partial charge in [-0.1, -0.05) is 31.2 Å². The van der Waals surface area contributed by atoms with Gasteiger partial charge in [0.15, 0.2) is 0 Å². The molecular formula is C15H19N3. The van der Waals surface area contributed by atoms with Crippen LogP contribution < -0.4 is 5.32 Å². The minimum Gasteiger partial charge on any atom is -0.370 e. The lowest BCUT2D eigenvalue weighted by molar-refractivity contribution is 1.04. The fourth-order valence-electron chi connectivity index (χ4n) is 1.90. The number of benzene rings is 1. The van der Waals surface area contributed by atoms with Crippen molar-refractivity contribution in [2.24, 2.45) is 0 Å². The summed E-state index contributed by atoms with van der Waals surface area (Å²) in [5, 5.41) is 3.23. The van der Waals surface area contributed by atoms with Gasteiger partial charge in [-0.05, 0) is 25.8 Å². The van der Waals surface area contributed by atoms with E-state index >= 15 is 0 Å². The van der Waals surface area contributed by atoms with Crippen LogP contribution in [0.5, 0.6) is 0 Å². The zero-order valence-electron chi connectivity index (χ0n) is 11.2. The molecule has 0 saturated heterocycles. The van der Waals surface area contributed by atoms with Crippen molar-refractivity contribution >= 4 is 5.82 Å². The van der Waals surface area contributed by atoms with Gasteiger partial charge in [0.05, 0.1) is 5.69 Å². The van der Waals surface area contributed by atoms with Gasteiger partial charge >= 0.3 is 0 Å². The van der Waals surface area contributed by atoms with Crippen LogP contribution in [0.15, 0.2) is 30.3 Å². The first-order chi connectivity index (χ1) is 8.72. The van der Waals surface area contributed by atoms with Crippen molar-refractivity contribution in [2.45, 2.75) is 27.2 Å². The Morgan fingerprint density at radius 1 is 1.06 bits per heavy atom. The van der Waals surface area contributed by atoms with Gasteiger partial charge < -0.3 is 5.32 Å². The van der Waals surface area contributed by atoms with E-state index in [1.54, 1.807) is 0 Å². The van der Waals surface area contributed by atoms with Crippen LogP contribution in [0.25, 0.3) is 11.3 Å². The van der Waals surface area contributed by atoms with Gasteiger partial charge in [-0.3, -0.25) is 0 Å². The molecule has 3 heteroatoms. The Bertz CT molecular complexity index is 518. The van der Waals surface area contributed by atoms with Crippen molar-refractivity contribution in [1.29, 1.82) is 0 Å². The van der Waals surface area contributed by atoms with E-state index in [4.69, 9.17) is 0 Å². The summed E-state index contributed by atoms with van der Waals surface area (Å²) in [6, 6.07) is 10.5. The molecule has 0 aliphatic rings. The Labute approximate surface area is 108 Å². The molecule has 0 bridgehead atoms. The van der Waals surface area contributed by atoms with E-state index in [1.165, 1.54) is 5.56 Å². The normalized spacial score (nSPS) is 10.4. The maximum absolute atomic E-state index is 4.49. The molecule has 0 spiro atoms. The highest BCUT2D eigenvalue weighted by atomic mass is 15.0. The zero-order valence-corrected chi connectivity index (χ0v) is 11.2. The molecule has 1 aromatic heterocycles. The summed E-state index contributed by atoms with van der Waals surface area (Å²) < 4.78 is 0. The number of nitrogens with zero attached hydrogens (tertiary/aromatic N) is 2. The molecule has 0 aliphatic heterocycles. The fourth-order valence-corrected chi connectivity index (χ4v) is 1.90. The third kappa shape index (κ3) is 2.86. The third-order valence-corrected chi connectivity index (χ3v) is 2.85. The smallest absolute Gasteiger partial charge is 0.130 e. The molecule has 0 saturated carbocycles. The molecule has 18 heavy (non-hydrogen) atoms. The second-order valence-electron chi connectivity index (χ2n) is 4.27. The lowest BCUT2D eigenvalue weighted by Crippen LogP contribution is -2.02. The van der Waals surface area contributed by atoms with E-state index in [9.17, 15) is 0 Å². The monoisotopic (exact) mass is 241 g/mol. The predicted molar refractivity (Wildman–Crippen MR) is 75.7 cm³/mol. The molecule has 3 nitrogen and oxygen atoms in total. The molecule has 2 aromatic rings.